The predicted octanol–water partition coefficient (Wildman–Crippen LogP) is 1.40. The summed E-state index contributed by atoms with van der Waals surface area (Å²) in [5.41, 5.74) is 5.60. The molecular formula is C10H13F2NO3S. The summed E-state index contributed by atoms with van der Waals surface area (Å²) in [6, 6.07) is 0.200. The third-order valence-corrected chi connectivity index (χ3v) is 3.34. The fourth-order valence-electron chi connectivity index (χ4n) is 1.49. The van der Waals surface area contributed by atoms with E-state index >= 15 is 0 Å². The molecule has 1 rings (SSSR count). The van der Waals surface area contributed by atoms with Crippen LogP contribution < -0.4 is 10.5 Å². The molecule has 1 aromatic carbocycles. The molecule has 96 valence electrons. The molecule has 0 aliphatic rings. The van der Waals surface area contributed by atoms with Crippen LogP contribution in [-0.2, 0) is 9.84 Å². The summed E-state index contributed by atoms with van der Waals surface area (Å²) in [5, 5.41) is 0. The van der Waals surface area contributed by atoms with Crippen LogP contribution in [0, 0.1) is 11.6 Å². The number of hydrogen-bond acceptors (Lipinski definition) is 4. The van der Waals surface area contributed by atoms with Gasteiger partial charge in [0, 0.05) is 17.9 Å². The molecule has 0 heterocycles. The van der Waals surface area contributed by atoms with Crippen molar-refractivity contribution in [1.82, 2.24) is 0 Å². The van der Waals surface area contributed by atoms with Crippen LogP contribution in [0.4, 0.5) is 8.78 Å². The molecule has 0 spiro atoms. The Morgan fingerprint density at radius 1 is 1.41 bits per heavy atom. The van der Waals surface area contributed by atoms with E-state index in [-0.39, 0.29) is 11.3 Å². The maximum atomic E-state index is 13.9. The minimum Gasteiger partial charge on any atom is -0.493 e. The fraction of sp³-hybridized carbons (Fsp3) is 0.400. The second-order valence-electron chi connectivity index (χ2n) is 3.68. The minimum absolute atomic E-state index is 0.0786. The molecule has 0 saturated heterocycles. The Morgan fingerprint density at radius 3 is 2.29 bits per heavy atom. The van der Waals surface area contributed by atoms with Gasteiger partial charge in [0.25, 0.3) is 0 Å². The lowest BCUT2D eigenvalue weighted by atomic mass is 10.1. The van der Waals surface area contributed by atoms with Gasteiger partial charge in [0.05, 0.1) is 7.11 Å². The van der Waals surface area contributed by atoms with Crippen LogP contribution in [0.2, 0.25) is 0 Å². The topological polar surface area (TPSA) is 69.4 Å². The number of methoxy groups -OCH3 is 1. The van der Waals surface area contributed by atoms with Crippen molar-refractivity contribution >= 4 is 9.84 Å². The van der Waals surface area contributed by atoms with Crippen molar-refractivity contribution in [3.8, 4) is 5.75 Å². The largest absolute Gasteiger partial charge is 0.493 e. The zero-order valence-electron chi connectivity index (χ0n) is 9.62. The molecule has 1 atom stereocenters. The Morgan fingerprint density at radius 2 is 1.94 bits per heavy atom. The second kappa shape index (κ2) is 4.58. The van der Waals surface area contributed by atoms with E-state index in [1.165, 1.54) is 6.92 Å². The van der Waals surface area contributed by atoms with Gasteiger partial charge >= 0.3 is 0 Å². The standard InChI is InChI=1S/C10H13F2NO3S/c1-5(13)6-4-7(11)10(17(3,14)15)8(12)9(6)16-2/h4-5H,13H2,1-3H3. The summed E-state index contributed by atoms with van der Waals surface area (Å²) in [6.07, 6.45) is 0.722. The zero-order valence-corrected chi connectivity index (χ0v) is 10.4. The Labute approximate surface area is 98.3 Å². The van der Waals surface area contributed by atoms with E-state index in [9.17, 15) is 17.2 Å². The molecule has 0 bridgehead atoms. The van der Waals surface area contributed by atoms with E-state index in [0.717, 1.165) is 19.4 Å². The maximum absolute atomic E-state index is 13.9. The summed E-state index contributed by atoms with van der Waals surface area (Å²) >= 11 is 0. The third-order valence-electron chi connectivity index (χ3n) is 2.23. The molecule has 4 nitrogen and oxygen atoms in total. The van der Waals surface area contributed by atoms with E-state index in [0.29, 0.717) is 0 Å². The fourth-order valence-corrected chi connectivity index (χ4v) is 2.32. The normalized spacial score (nSPS) is 13.5. The maximum Gasteiger partial charge on any atom is 0.186 e. The van der Waals surface area contributed by atoms with Crippen LogP contribution in [0.25, 0.3) is 0 Å². The molecule has 0 aromatic heterocycles. The molecule has 17 heavy (non-hydrogen) atoms. The smallest absolute Gasteiger partial charge is 0.186 e. The number of benzene rings is 1. The van der Waals surface area contributed by atoms with E-state index in [1.807, 2.05) is 0 Å². The second-order valence-corrected chi connectivity index (χ2v) is 5.64. The van der Waals surface area contributed by atoms with Gasteiger partial charge in [0.1, 0.15) is 10.7 Å². The number of rotatable bonds is 3. The number of ether oxygens (including phenoxy) is 1. The van der Waals surface area contributed by atoms with Crippen LogP contribution >= 0.6 is 0 Å². The summed E-state index contributed by atoms with van der Waals surface area (Å²) in [4.78, 5) is -1.00. The average molecular weight is 265 g/mol. The number of hydrogen-bond donors (Lipinski definition) is 1. The SMILES string of the molecule is COc1c(C(C)N)cc(F)c(S(C)(=O)=O)c1F. The number of nitrogens with two attached hydrogens (primary N) is 1. The molecule has 0 fully saturated rings. The number of sulfone groups is 1. The van der Waals surface area contributed by atoms with Crippen molar-refractivity contribution in [3.63, 3.8) is 0 Å². The summed E-state index contributed by atoms with van der Waals surface area (Å²) in [7, 11) is -2.85. The van der Waals surface area contributed by atoms with Crippen LogP contribution in [0.1, 0.15) is 18.5 Å². The van der Waals surface area contributed by atoms with Gasteiger partial charge in [0.15, 0.2) is 21.4 Å². The van der Waals surface area contributed by atoms with Crippen molar-refractivity contribution < 1.29 is 21.9 Å². The Hall–Kier alpha value is -1.21. The third kappa shape index (κ3) is 2.55. The van der Waals surface area contributed by atoms with E-state index in [1.54, 1.807) is 0 Å². The first-order chi connectivity index (χ1) is 7.70. The molecular weight excluding hydrogens is 252 g/mol. The van der Waals surface area contributed by atoms with Crippen LogP contribution in [0.15, 0.2) is 11.0 Å². The van der Waals surface area contributed by atoms with Gasteiger partial charge in [-0.2, -0.15) is 0 Å². The van der Waals surface area contributed by atoms with Gasteiger partial charge in [-0.15, -0.1) is 0 Å². The summed E-state index contributed by atoms with van der Waals surface area (Å²) in [5.74, 6) is -2.76. The van der Waals surface area contributed by atoms with Gasteiger partial charge in [-0.3, -0.25) is 0 Å². The summed E-state index contributed by atoms with van der Waals surface area (Å²) in [6.45, 7) is 1.51. The highest BCUT2D eigenvalue weighted by atomic mass is 32.2. The van der Waals surface area contributed by atoms with Gasteiger partial charge < -0.3 is 10.5 Å². The Bertz CT molecular complexity index is 541. The molecule has 0 aliphatic heterocycles. The van der Waals surface area contributed by atoms with Crippen molar-refractivity contribution in [2.45, 2.75) is 17.9 Å². The molecule has 1 unspecified atom stereocenters. The molecule has 2 N–H and O–H groups in total. The van der Waals surface area contributed by atoms with Crippen molar-refractivity contribution in [1.29, 1.82) is 0 Å². The van der Waals surface area contributed by atoms with E-state index in [4.69, 9.17) is 10.5 Å². The van der Waals surface area contributed by atoms with E-state index < -0.39 is 32.4 Å². The van der Waals surface area contributed by atoms with Crippen molar-refractivity contribution in [3.05, 3.63) is 23.3 Å². The lowest BCUT2D eigenvalue weighted by Gasteiger charge is -2.15. The van der Waals surface area contributed by atoms with Gasteiger partial charge in [-0.1, -0.05) is 0 Å². The van der Waals surface area contributed by atoms with Crippen LogP contribution in [0.3, 0.4) is 0 Å². The van der Waals surface area contributed by atoms with Crippen molar-refractivity contribution in [2.75, 3.05) is 13.4 Å². The molecule has 0 amide bonds. The van der Waals surface area contributed by atoms with Gasteiger partial charge in [-0.05, 0) is 13.0 Å². The molecule has 0 saturated carbocycles. The highest BCUT2D eigenvalue weighted by Gasteiger charge is 2.26. The quantitative estimate of drug-likeness (QED) is 0.896. The molecule has 1 aromatic rings. The summed E-state index contributed by atoms with van der Waals surface area (Å²) < 4.78 is 54.7. The first kappa shape index (κ1) is 13.9. The highest BCUT2D eigenvalue weighted by Crippen LogP contribution is 2.33. The molecule has 7 heteroatoms. The first-order valence-corrected chi connectivity index (χ1v) is 6.60. The van der Waals surface area contributed by atoms with Gasteiger partial charge in [-0.25, -0.2) is 17.2 Å². The monoisotopic (exact) mass is 265 g/mol. The predicted molar refractivity (Wildman–Crippen MR) is 58.6 cm³/mol. The Kier molecular flexibility index (Phi) is 3.73. The molecule has 0 radical (unpaired) electrons. The zero-order chi connectivity index (χ0) is 13.4. The average Bonchev–Trinajstić information content (AvgIpc) is 2.14. The lowest BCUT2D eigenvalue weighted by Crippen LogP contribution is -2.13. The van der Waals surface area contributed by atoms with E-state index in [2.05, 4.69) is 0 Å². The van der Waals surface area contributed by atoms with Crippen LogP contribution in [0.5, 0.6) is 5.75 Å². The molecule has 0 aliphatic carbocycles. The minimum atomic E-state index is -4.01. The Balaban J connectivity index is 3.70. The highest BCUT2D eigenvalue weighted by molar-refractivity contribution is 7.90. The van der Waals surface area contributed by atoms with Crippen molar-refractivity contribution in [2.24, 2.45) is 5.73 Å². The number of halogens is 2. The first-order valence-electron chi connectivity index (χ1n) is 4.71. The lowest BCUT2D eigenvalue weighted by molar-refractivity contribution is 0.367. The van der Waals surface area contributed by atoms with Gasteiger partial charge in [0.2, 0.25) is 0 Å². The van der Waals surface area contributed by atoms with Crippen LogP contribution in [-0.4, -0.2) is 21.8 Å².